The lowest BCUT2D eigenvalue weighted by Gasteiger charge is -2.37. The molecule has 2 amide bonds. The molecular formula is C30H36FN5O4. The summed E-state index contributed by atoms with van der Waals surface area (Å²) in [4.78, 5) is 37.7. The van der Waals surface area contributed by atoms with Crippen LogP contribution in [0.25, 0.3) is 22.0 Å². The van der Waals surface area contributed by atoms with Gasteiger partial charge in [-0.15, -0.1) is 0 Å². The first-order chi connectivity index (χ1) is 18.8. The van der Waals surface area contributed by atoms with Gasteiger partial charge in [0.15, 0.2) is 0 Å². The minimum Gasteiger partial charge on any atom is -0.474 e. The van der Waals surface area contributed by atoms with E-state index in [4.69, 9.17) is 15.2 Å². The maximum absolute atomic E-state index is 15.3. The average Bonchev–Trinajstić information content (AvgIpc) is 3.08. The number of carbonyl (C=O) groups excluding carboxylic acids is 2. The summed E-state index contributed by atoms with van der Waals surface area (Å²) < 4.78 is 26.6. The molecule has 9 nitrogen and oxygen atoms in total. The summed E-state index contributed by atoms with van der Waals surface area (Å²) in [6, 6.07) is 4.68. The quantitative estimate of drug-likeness (QED) is 0.436. The number of ether oxygens (including phenoxy) is 2. The van der Waals surface area contributed by atoms with E-state index >= 15 is 4.39 Å². The summed E-state index contributed by atoms with van der Waals surface area (Å²) in [5.74, 6) is -0.190. The molecule has 3 heterocycles. The van der Waals surface area contributed by atoms with Crippen LogP contribution in [0.5, 0.6) is 5.88 Å². The molecule has 5 rings (SSSR count). The van der Waals surface area contributed by atoms with Crippen molar-refractivity contribution in [2.75, 3.05) is 30.8 Å². The molecule has 1 aliphatic heterocycles. The van der Waals surface area contributed by atoms with E-state index in [1.165, 1.54) is 12.3 Å². The highest BCUT2D eigenvalue weighted by Crippen LogP contribution is 2.55. The maximum Gasteiger partial charge on any atom is 0.410 e. The van der Waals surface area contributed by atoms with Crippen LogP contribution < -0.4 is 15.4 Å². The fourth-order valence-electron chi connectivity index (χ4n) is 5.57. The third-order valence-corrected chi connectivity index (χ3v) is 7.71. The first-order valence-corrected chi connectivity index (χ1v) is 13.6. The van der Waals surface area contributed by atoms with Gasteiger partial charge >= 0.3 is 6.09 Å². The number of fused-ring (bicyclic) bond motifs is 4. The van der Waals surface area contributed by atoms with Gasteiger partial charge < -0.3 is 25.0 Å². The number of aromatic nitrogens is 2. The Bertz CT molecular complexity index is 1500. The predicted octanol–water partition coefficient (Wildman–Crippen LogP) is 5.44. The number of halogens is 1. The van der Waals surface area contributed by atoms with Crippen LogP contribution in [0.2, 0.25) is 0 Å². The van der Waals surface area contributed by atoms with Crippen LogP contribution in [0.15, 0.2) is 30.6 Å². The number of likely N-dealkylation sites (N-methyl/N-ethyl adjacent to an activating group) is 1. The lowest BCUT2D eigenvalue weighted by atomic mass is 9.64. The number of rotatable bonds is 6. The highest BCUT2D eigenvalue weighted by molar-refractivity contribution is 6.13. The zero-order chi connectivity index (χ0) is 29.0. The molecule has 2 N–H and O–H groups in total. The molecule has 1 saturated carbocycles. The van der Waals surface area contributed by atoms with Crippen LogP contribution >= 0.6 is 0 Å². The molecule has 0 bridgehead atoms. The van der Waals surface area contributed by atoms with E-state index in [0.29, 0.717) is 16.6 Å². The fourth-order valence-corrected chi connectivity index (χ4v) is 5.57. The number of nitrogens with zero attached hydrogens (tertiary/aromatic N) is 4. The molecule has 0 saturated heterocycles. The second-order valence-electron chi connectivity index (χ2n) is 11.9. The third kappa shape index (κ3) is 4.69. The van der Waals surface area contributed by atoms with Crippen molar-refractivity contribution < 1.29 is 23.5 Å². The monoisotopic (exact) mass is 549 g/mol. The number of amides is 2. The molecule has 1 fully saturated rings. The Morgan fingerprint density at radius 1 is 1.20 bits per heavy atom. The smallest absolute Gasteiger partial charge is 0.410 e. The molecule has 40 heavy (non-hydrogen) atoms. The lowest BCUT2D eigenvalue weighted by Crippen LogP contribution is -2.43. The molecule has 3 aromatic rings. The highest BCUT2D eigenvalue weighted by Gasteiger charge is 2.54. The Hall–Kier alpha value is -3.95. The van der Waals surface area contributed by atoms with E-state index in [1.54, 1.807) is 35.2 Å². The summed E-state index contributed by atoms with van der Waals surface area (Å²) in [5.41, 5.74) is 8.36. The van der Waals surface area contributed by atoms with E-state index in [2.05, 4.69) is 9.97 Å². The van der Waals surface area contributed by atoms with Gasteiger partial charge in [0.2, 0.25) is 11.8 Å². The van der Waals surface area contributed by atoms with Gasteiger partial charge in [-0.25, -0.2) is 14.2 Å². The van der Waals surface area contributed by atoms with Crippen LogP contribution in [0.1, 0.15) is 59.4 Å². The van der Waals surface area contributed by atoms with Gasteiger partial charge in [0, 0.05) is 47.4 Å². The zero-order valence-electron chi connectivity index (χ0n) is 23.9. The number of nitrogen functional groups attached to an aromatic ring is 1. The Balaban J connectivity index is 1.39. The van der Waals surface area contributed by atoms with Gasteiger partial charge in [0.05, 0.1) is 35.0 Å². The summed E-state index contributed by atoms with van der Waals surface area (Å²) >= 11 is 0. The summed E-state index contributed by atoms with van der Waals surface area (Å²) in [6.07, 6.45) is 5.28. The van der Waals surface area contributed by atoms with Gasteiger partial charge in [-0.2, -0.15) is 0 Å². The minimum atomic E-state index is -0.606. The largest absolute Gasteiger partial charge is 0.474 e. The SMILES string of the molecule is CC(C)N(CCOc1ncc(-c2cc3c4c(cnc3cc2F)N(C)C(=O)C42CCC2)cc1N)C(=O)OC(C)(C)C. The Labute approximate surface area is 233 Å². The first kappa shape index (κ1) is 27.6. The second kappa shape index (κ2) is 9.91. The van der Waals surface area contributed by atoms with Gasteiger partial charge in [-0.05, 0) is 59.6 Å². The normalized spacial score (nSPS) is 15.9. The molecule has 10 heteroatoms. The van der Waals surface area contributed by atoms with Crippen LogP contribution in [-0.2, 0) is 14.9 Å². The van der Waals surface area contributed by atoms with Crippen LogP contribution in [0.3, 0.4) is 0 Å². The summed E-state index contributed by atoms with van der Waals surface area (Å²) in [6.45, 7) is 9.68. The number of pyridine rings is 2. The first-order valence-electron chi connectivity index (χ1n) is 13.6. The van der Waals surface area contributed by atoms with Gasteiger partial charge in [-0.1, -0.05) is 6.42 Å². The fraction of sp³-hybridized carbons (Fsp3) is 0.467. The molecule has 0 radical (unpaired) electrons. The molecule has 1 spiro atoms. The number of carbonyl (C=O) groups is 2. The van der Waals surface area contributed by atoms with Crippen molar-refractivity contribution in [3.8, 4) is 17.0 Å². The lowest BCUT2D eigenvalue weighted by molar-refractivity contribution is -0.125. The number of hydrogen-bond donors (Lipinski definition) is 1. The molecule has 0 atom stereocenters. The molecule has 0 unspecified atom stereocenters. The Kier molecular flexibility index (Phi) is 6.84. The molecule has 2 aliphatic rings. The standard InChI is InChI=1S/C30H36FN5O4/c1-17(2)36(28(38)40-29(3,4)5)10-11-39-26-22(32)12-18(15-34-26)19-13-20-23(14-21(19)31)33-16-24-25(20)30(8-7-9-30)27(37)35(24)6/h12-17H,7-11,32H2,1-6H3. The van der Waals surface area contributed by atoms with Gasteiger partial charge in [-0.3, -0.25) is 9.78 Å². The third-order valence-electron chi connectivity index (χ3n) is 7.71. The Morgan fingerprint density at radius 2 is 1.93 bits per heavy atom. The zero-order valence-corrected chi connectivity index (χ0v) is 23.9. The topological polar surface area (TPSA) is 111 Å². The van der Waals surface area contributed by atoms with E-state index in [1.807, 2.05) is 34.6 Å². The number of benzene rings is 1. The van der Waals surface area contributed by atoms with Crippen LogP contribution in [0, 0.1) is 5.82 Å². The number of hydrogen-bond acceptors (Lipinski definition) is 7. The van der Waals surface area contributed by atoms with Crippen molar-refractivity contribution in [1.29, 1.82) is 0 Å². The molecular weight excluding hydrogens is 513 g/mol. The molecule has 1 aromatic carbocycles. The van der Waals surface area contributed by atoms with Gasteiger partial charge in [0.1, 0.15) is 18.0 Å². The van der Waals surface area contributed by atoms with Crippen molar-refractivity contribution in [3.05, 3.63) is 42.0 Å². The van der Waals surface area contributed by atoms with Crippen molar-refractivity contribution in [1.82, 2.24) is 14.9 Å². The van der Waals surface area contributed by atoms with Crippen molar-refractivity contribution >= 4 is 34.3 Å². The van der Waals surface area contributed by atoms with E-state index in [0.717, 1.165) is 35.9 Å². The molecule has 2 aromatic heterocycles. The van der Waals surface area contributed by atoms with E-state index < -0.39 is 22.9 Å². The van der Waals surface area contributed by atoms with Gasteiger partial charge in [0.25, 0.3) is 0 Å². The molecule has 212 valence electrons. The van der Waals surface area contributed by atoms with E-state index in [9.17, 15) is 9.59 Å². The van der Waals surface area contributed by atoms with Crippen LogP contribution in [0.4, 0.5) is 20.6 Å². The second-order valence-corrected chi connectivity index (χ2v) is 11.9. The summed E-state index contributed by atoms with van der Waals surface area (Å²) in [7, 11) is 1.77. The predicted molar refractivity (Wildman–Crippen MR) is 152 cm³/mol. The number of nitrogens with two attached hydrogens (primary N) is 1. The van der Waals surface area contributed by atoms with Crippen molar-refractivity contribution in [2.45, 2.75) is 70.9 Å². The van der Waals surface area contributed by atoms with Crippen molar-refractivity contribution in [2.24, 2.45) is 0 Å². The number of anilines is 2. The highest BCUT2D eigenvalue weighted by atomic mass is 19.1. The maximum atomic E-state index is 15.3. The van der Waals surface area contributed by atoms with Crippen molar-refractivity contribution in [3.63, 3.8) is 0 Å². The molecule has 1 aliphatic carbocycles. The minimum absolute atomic E-state index is 0.0732. The average molecular weight is 550 g/mol. The van der Waals surface area contributed by atoms with E-state index in [-0.39, 0.29) is 36.7 Å². The summed E-state index contributed by atoms with van der Waals surface area (Å²) in [5, 5.41) is 0.765. The van der Waals surface area contributed by atoms with Crippen LogP contribution in [-0.4, -0.2) is 58.7 Å². The Morgan fingerprint density at radius 3 is 2.52 bits per heavy atom.